The van der Waals surface area contributed by atoms with Gasteiger partial charge in [0, 0.05) is 12.4 Å². The van der Waals surface area contributed by atoms with Gasteiger partial charge >= 0.3 is 6.03 Å². The number of carbonyl (C=O) groups is 1. The van der Waals surface area contributed by atoms with Gasteiger partial charge in [0.2, 0.25) is 0 Å². The van der Waals surface area contributed by atoms with Crippen LogP contribution in [0.15, 0.2) is 36.9 Å². The Bertz CT molecular complexity index is 926. The summed E-state index contributed by atoms with van der Waals surface area (Å²) in [5.41, 5.74) is 2.65. The van der Waals surface area contributed by atoms with E-state index in [-0.39, 0.29) is 0 Å². The number of carbonyl (C=O) groups excluding carboxylic acids is 1. The zero-order valence-corrected chi connectivity index (χ0v) is 15.3. The van der Waals surface area contributed by atoms with Crippen molar-refractivity contribution in [3.05, 3.63) is 58.9 Å². The number of hydrogen-bond acceptors (Lipinski definition) is 5. The first kappa shape index (κ1) is 17.8. The van der Waals surface area contributed by atoms with Gasteiger partial charge in [-0.05, 0) is 50.1 Å². The van der Waals surface area contributed by atoms with Gasteiger partial charge in [-0.2, -0.15) is 9.78 Å². The molecule has 0 spiro atoms. The molecule has 2 heterocycles. The minimum absolute atomic E-state index is 0.381. The van der Waals surface area contributed by atoms with Crippen molar-refractivity contribution in [1.82, 2.24) is 30.0 Å². The van der Waals surface area contributed by atoms with E-state index in [9.17, 15) is 4.79 Å². The smallest absolute Gasteiger partial charge is 0.319 e. The summed E-state index contributed by atoms with van der Waals surface area (Å²) in [6.07, 6.45) is 4.61. The lowest BCUT2D eigenvalue weighted by Gasteiger charge is -2.15. The number of urea groups is 1. The third kappa shape index (κ3) is 3.80. The van der Waals surface area contributed by atoms with Crippen LogP contribution in [0.2, 0.25) is 5.02 Å². The maximum atomic E-state index is 12.3. The third-order valence-corrected chi connectivity index (χ3v) is 4.19. The first-order valence-corrected chi connectivity index (χ1v) is 8.35. The largest absolute Gasteiger partial charge is 0.328 e. The van der Waals surface area contributed by atoms with Crippen molar-refractivity contribution in [2.24, 2.45) is 0 Å². The van der Waals surface area contributed by atoms with Crippen molar-refractivity contribution in [2.45, 2.75) is 26.8 Å². The molecule has 0 aliphatic carbocycles. The number of nitrogens with zero attached hydrogens (tertiary/aromatic N) is 5. The molecule has 1 unspecified atom stereocenters. The monoisotopic (exact) mass is 371 g/mol. The van der Waals surface area contributed by atoms with E-state index in [0.29, 0.717) is 22.5 Å². The van der Waals surface area contributed by atoms with Gasteiger partial charge in [-0.1, -0.05) is 11.6 Å². The molecule has 0 fully saturated rings. The molecule has 0 bridgehead atoms. The lowest BCUT2D eigenvalue weighted by atomic mass is 10.1. The molecule has 26 heavy (non-hydrogen) atoms. The fraction of sp³-hybridized carbons (Fsp3) is 0.235. The molecule has 8 nitrogen and oxygen atoms in total. The Labute approximate surface area is 155 Å². The van der Waals surface area contributed by atoms with Crippen molar-refractivity contribution in [3.63, 3.8) is 0 Å². The molecule has 1 atom stereocenters. The van der Waals surface area contributed by atoms with Crippen molar-refractivity contribution < 1.29 is 4.79 Å². The van der Waals surface area contributed by atoms with Crippen molar-refractivity contribution >= 4 is 23.3 Å². The van der Waals surface area contributed by atoms with Gasteiger partial charge in [0.25, 0.3) is 5.95 Å². The zero-order valence-electron chi connectivity index (χ0n) is 14.6. The molecule has 9 heteroatoms. The van der Waals surface area contributed by atoms with E-state index >= 15 is 0 Å². The van der Waals surface area contributed by atoms with Crippen molar-refractivity contribution in [2.75, 3.05) is 5.32 Å². The average Bonchev–Trinajstić information content (AvgIpc) is 3.10. The highest BCUT2D eigenvalue weighted by atomic mass is 35.5. The van der Waals surface area contributed by atoms with E-state index < -0.39 is 12.1 Å². The van der Waals surface area contributed by atoms with Gasteiger partial charge in [-0.3, -0.25) is 0 Å². The van der Waals surface area contributed by atoms with E-state index in [1.165, 1.54) is 11.0 Å². The Morgan fingerprint density at radius 3 is 2.58 bits per heavy atom. The molecule has 134 valence electrons. The molecule has 2 amide bonds. The van der Waals surface area contributed by atoms with Crippen molar-refractivity contribution in [1.29, 1.82) is 0 Å². The number of rotatable bonds is 4. The molecule has 0 radical (unpaired) electrons. The molecule has 2 aromatic heterocycles. The Balaban J connectivity index is 1.73. The van der Waals surface area contributed by atoms with E-state index in [1.807, 2.05) is 26.0 Å². The molecule has 0 saturated heterocycles. The standard InChI is InChI=1S/C17H18ClN7O/c1-10-7-13(18)14(8-11(10)2)24-17(26)23-12(3)15-21-9-22-25(15)16-19-5-4-6-20-16/h4-9,12H,1-3H3,(H2,23,24,26). The normalized spacial score (nSPS) is 11.8. The lowest BCUT2D eigenvalue weighted by Crippen LogP contribution is -2.32. The van der Waals surface area contributed by atoms with Crippen LogP contribution in [0.1, 0.15) is 29.9 Å². The van der Waals surface area contributed by atoms with Crippen LogP contribution >= 0.6 is 11.6 Å². The second-order valence-electron chi connectivity index (χ2n) is 5.82. The summed E-state index contributed by atoms with van der Waals surface area (Å²) in [6, 6.07) is 4.54. The van der Waals surface area contributed by atoms with Crippen molar-refractivity contribution in [3.8, 4) is 5.95 Å². The predicted molar refractivity (Wildman–Crippen MR) is 98.4 cm³/mol. The molecule has 0 aliphatic rings. The van der Waals surface area contributed by atoms with Crippen LogP contribution in [-0.4, -0.2) is 30.8 Å². The van der Waals surface area contributed by atoms with Crippen LogP contribution < -0.4 is 10.6 Å². The highest BCUT2D eigenvalue weighted by Gasteiger charge is 2.18. The molecule has 2 N–H and O–H groups in total. The first-order valence-electron chi connectivity index (χ1n) is 7.97. The van der Waals surface area contributed by atoms with Crippen LogP contribution in [-0.2, 0) is 0 Å². The van der Waals surface area contributed by atoms with Gasteiger partial charge in [-0.25, -0.2) is 19.7 Å². The fourth-order valence-electron chi connectivity index (χ4n) is 2.40. The minimum atomic E-state index is -0.424. The Hall–Kier alpha value is -3.00. The topological polar surface area (TPSA) is 97.6 Å². The molecule has 3 rings (SSSR count). The van der Waals surface area contributed by atoms with E-state index in [0.717, 1.165) is 11.1 Å². The first-order chi connectivity index (χ1) is 12.5. The summed E-state index contributed by atoms with van der Waals surface area (Å²) in [7, 11) is 0. The number of hydrogen-bond donors (Lipinski definition) is 2. The highest BCUT2D eigenvalue weighted by molar-refractivity contribution is 6.33. The van der Waals surface area contributed by atoms with Crippen LogP contribution in [0.3, 0.4) is 0 Å². The second kappa shape index (κ2) is 7.49. The third-order valence-electron chi connectivity index (χ3n) is 3.88. The van der Waals surface area contributed by atoms with Crippen LogP contribution in [0.25, 0.3) is 5.95 Å². The van der Waals surface area contributed by atoms with Gasteiger partial charge in [-0.15, -0.1) is 0 Å². The van der Waals surface area contributed by atoms with Gasteiger partial charge < -0.3 is 10.6 Å². The highest BCUT2D eigenvalue weighted by Crippen LogP contribution is 2.25. The number of aromatic nitrogens is 5. The van der Waals surface area contributed by atoms with Gasteiger partial charge in [0.1, 0.15) is 6.33 Å². The van der Waals surface area contributed by atoms with Crippen LogP contribution in [0.5, 0.6) is 0 Å². The van der Waals surface area contributed by atoms with Crippen LogP contribution in [0.4, 0.5) is 10.5 Å². The maximum Gasteiger partial charge on any atom is 0.319 e. The Morgan fingerprint density at radius 1 is 1.15 bits per heavy atom. The summed E-state index contributed by atoms with van der Waals surface area (Å²) >= 11 is 6.20. The van der Waals surface area contributed by atoms with E-state index in [1.54, 1.807) is 25.4 Å². The summed E-state index contributed by atoms with van der Waals surface area (Å²) in [5, 5.41) is 10.2. The number of anilines is 1. The molecular formula is C17H18ClN7O. The molecule has 0 aliphatic heterocycles. The Morgan fingerprint density at radius 2 is 1.85 bits per heavy atom. The fourth-order valence-corrected chi connectivity index (χ4v) is 2.66. The zero-order chi connectivity index (χ0) is 18.7. The lowest BCUT2D eigenvalue weighted by molar-refractivity contribution is 0.248. The number of nitrogens with one attached hydrogen (secondary N) is 2. The average molecular weight is 372 g/mol. The second-order valence-corrected chi connectivity index (χ2v) is 6.22. The summed E-state index contributed by atoms with van der Waals surface area (Å²) in [5.74, 6) is 0.892. The van der Waals surface area contributed by atoms with Gasteiger partial charge in [0.15, 0.2) is 5.82 Å². The number of amides is 2. The number of benzene rings is 1. The van der Waals surface area contributed by atoms with E-state index in [2.05, 4.69) is 30.7 Å². The Kier molecular flexibility index (Phi) is 5.13. The summed E-state index contributed by atoms with van der Waals surface area (Å²) < 4.78 is 1.48. The quantitative estimate of drug-likeness (QED) is 0.733. The molecule has 3 aromatic rings. The molecule has 0 saturated carbocycles. The van der Waals surface area contributed by atoms with Gasteiger partial charge in [0.05, 0.1) is 16.8 Å². The van der Waals surface area contributed by atoms with E-state index in [4.69, 9.17) is 11.6 Å². The van der Waals surface area contributed by atoms with Crippen LogP contribution in [0, 0.1) is 13.8 Å². The summed E-state index contributed by atoms with van der Waals surface area (Å²) in [6.45, 7) is 5.72. The molecular weight excluding hydrogens is 354 g/mol. The minimum Gasteiger partial charge on any atom is -0.328 e. The maximum absolute atomic E-state index is 12.3. The molecule has 1 aromatic carbocycles. The SMILES string of the molecule is Cc1cc(Cl)c(NC(=O)NC(C)c2ncnn2-c2ncccn2)cc1C. The number of aryl methyl sites for hydroxylation is 2. The summed E-state index contributed by atoms with van der Waals surface area (Å²) in [4.78, 5) is 24.8. The predicted octanol–water partition coefficient (Wildman–Crippen LogP) is 3.21. The number of halogens is 1.